The molecule has 92 valence electrons. The molecule has 0 spiro atoms. The molecule has 7 heteroatoms. The lowest BCUT2D eigenvalue weighted by molar-refractivity contribution is -0.385. The van der Waals surface area contributed by atoms with Crippen LogP contribution in [0.5, 0.6) is 5.75 Å². The van der Waals surface area contributed by atoms with Crippen LogP contribution in [-0.4, -0.2) is 21.6 Å². The number of carboxylic acid groups (broad SMARTS) is 1. The standard InChI is InChI=1S/C10H10FNO5/c1-10(2,9(13)14)17-8-4-3-6(12(15)16)5-7(8)11/h3-5H,1-2H3,(H,13,14). The third kappa shape index (κ3) is 2.90. The zero-order chi connectivity index (χ0) is 13.2. The molecule has 0 atom stereocenters. The summed E-state index contributed by atoms with van der Waals surface area (Å²) >= 11 is 0. The maximum Gasteiger partial charge on any atom is 0.347 e. The maximum absolute atomic E-state index is 13.4. The first-order chi connectivity index (χ1) is 7.74. The van der Waals surface area contributed by atoms with E-state index in [2.05, 4.69) is 0 Å². The van der Waals surface area contributed by atoms with Crippen molar-refractivity contribution in [1.29, 1.82) is 0 Å². The van der Waals surface area contributed by atoms with Gasteiger partial charge >= 0.3 is 5.97 Å². The van der Waals surface area contributed by atoms with Gasteiger partial charge in [-0.05, 0) is 19.9 Å². The Balaban J connectivity index is 3.02. The van der Waals surface area contributed by atoms with Gasteiger partial charge in [-0.3, -0.25) is 10.1 Å². The van der Waals surface area contributed by atoms with E-state index in [-0.39, 0.29) is 5.75 Å². The van der Waals surface area contributed by atoms with E-state index < -0.39 is 28.0 Å². The van der Waals surface area contributed by atoms with Crippen LogP contribution >= 0.6 is 0 Å². The fraction of sp³-hybridized carbons (Fsp3) is 0.300. The van der Waals surface area contributed by atoms with Crippen molar-refractivity contribution >= 4 is 11.7 Å². The van der Waals surface area contributed by atoms with Gasteiger partial charge in [-0.15, -0.1) is 0 Å². The summed E-state index contributed by atoms with van der Waals surface area (Å²) in [5, 5.41) is 19.1. The number of ether oxygens (including phenoxy) is 1. The first-order valence-corrected chi connectivity index (χ1v) is 4.60. The highest BCUT2D eigenvalue weighted by atomic mass is 19.1. The zero-order valence-electron chi connectivity index (χ0n) is 9.14. The number of nitro benzene ring substituents is 1. The Morgan fingerprint density at radius 2 is 2.12 bits per heavy atom. The van der Waals surface area contributed by atoms with Crippen LogP contribution in [-0.2, 0) is 4.79 Å². The van der Waals surface area contributed by atoms with Crippen LogP contribution in [0, 0.1) is 15.9 Å². The summed E-state index contributed by atoms with van der Waals surface area (Å²) in [6.07, 6.45) is 0. The van der Waals surface area contributed by atoms with Crippen molar-refractivity contribution in [3.8, 4) is 5.75 Å². The molecule has 17 heavy (non-hydrogen) atoms. The molecule has 0 aliphatic heterocycles. The number of benzene rings is 1. The number of nitrogens with zero attached hydrogens (tertiary/aromatic N) is 1. The minimum atomic E-state index is -1.61. The molecule has 6 nitrogen and oxygen atoms in total. The number of carboxylic acids is 1. The summed E-state index contributed by atoms with van der Waals surface area (Å²) in [4.78, 5) is 20.4. The normalized spacial score (nSPS) is 11.0. The molecular weight excluding hydrogens is 233 g/mol. The molecule has 0 unspecified atom stereocenters. The maximum atomic E-state index is 13.4. The summed E-state index contributed by atoms with van der Waals surface area (Å²) < 4.78 is 18.3. The molecule has 1 aromatic carbocycles. The SMILES string of the molecule is CC(C)(Oc1ccc([N+](=O)[O-])cc1F)C(=O)O. The van der Waals surface area contributed by atoms with Gasteiger partial charge in [0.05, 0.1) is 11.0 Å². The Kier molecular flexibility index (Phi) is 3.31. The van der Waals surface area contributed by atoms with Crippen LogP contribution < -0.4 is 4.74 Å². The van der Waals surface area contributed by atoms with Gasteiger partial charge in [0.1, 0.15) is 0 Å². The molecule has 0 heterocycles. The molecule has 0 aliphatic rings. The highest BCUT2D eigenvalue weighted by Crippen LogP contribution is 2.26. The minimum Gasteiger partial charge on any atom is -0.478 e. The van der Waals surface area contributed by atoms with Gasteiger partial charge < -0.3 is 9.84 Å². The molecule has 1 aromatic rings. The van der Waals surface area contributed by atoms with Crippen molar-refractivity contribution in [3.05, 3.63) is 34.1 Å². The van der Waals surface area contributed by atoms with Crippen molar-refractivity contribution in [2.24, 2.45) is 0 Å². The summed E-state index contributed by atoms with van der Waals surface area (Å²) in [5.74, 6) is -2.59. The fourth-order valence-electron chi connectivity index (χ4n) is 1.00. The van der Waals surface area contributed by atoms with Crippen molar-refractivity contribution in [2.75, 3.05) is 0 Å². The Labute approximate surface area is 95.8 Å². The number of hydrogen-bond donors (Lipinski definition) is 1. The molecule has 0 aromatic heterocycles. The van der Waals surface area contributed by atoms with Crippen molar-refractivity contribution in [2.45, 2.75) is 19.4 Å². The first kappa shape index (κ1) is 12.9. The lowest BCUT2D eigenvalue weighted by Gasteiger charge is -2.21. The van der Waals surface area contributed by atoms with Gasteiger partial charge in [0.15, 0.2) is 17.2 Å². The van der Waals surface area contributed by atoms with Crippen LogP contribution in [0.15, 0.2) is 18.2 Å². The van der Waals surface area contributed by atoms with Crippen molar-refractivity contribution < 1.29 is 24.0 Å². The van der Waals surface area contributed by atoms with E-state index in [1.807, 2.05) is 0 Å². The highest BCUT2D eigenvalue weighted by molar-refractivity contribution is 5.76. The number of halogens is 1. The van der Waals surface area contributed by atoms with E-state index in [0.29, 0.717) is 6.07 Å². The fourth-order valence-corrected chi connectivity index (χ4v) is 1.00. The van der Waals surface area contributed by atoms with Gasteiger partial charge in [-0.25, -0.2) is 9.18 Å². The Morgan fingerprint density at radius 1 is 1.53 bits per heavy atom. The second kappa shape index (κ2) is 4.36. The summed E-state index contributed by atoms with van der Waals surface area (Å²) in [6, 6.07) is 2.74. The third-order valence-electron chi connectivity index (χ3n) is 2.01. The predicted molar refractivity (Wildman–Crippen MR) is 55.4 cm³/mol. The number of rotatable bonds is 4. The average molecular weight is 243 g/mol. The molecule has 0 saturated carbocycles. The topological polar surface area (TPSA) is 89.7 Å². The summed E-state index contributed by atoms with van der Waals surface area (Å²) in [7, 11) is 0. The monoisotopic (exact) mass is 243 g/mol. The first-order valence-electron chi connectivity index (χ1n) is 4.60. The molecule has 0 amide bonds. The number of hydrogen-bond acceptors (Lipinski definition) is 4. The van der Waals surface area contributed by atoms with Crippen molar-refractivity contribution in [3.63, 3.8) is 0 Å². The molecule has 1 N–H and O–H groups in total. The zero-order valence-corrected chi connectivity index (χ0v) is 9.14. The second-order valence-electron chi connectivity index (χ2n) is 3.79. The lowest BCUT2D eigenvalue weighted by atomic mass is 10.1. The van der Waals surface area contributed by atoms with Crippen molar-refractivity contribution in [1.82, 2.24) is 0 Å². The molecule has 1 rings (SSSR count). The Bertz CT molecular complexity index is 472. The quantitative estimate of drug-likeness (QED) is 0.645. The van der Waals surface area contributed by atoms with E-state index in [4.69, 9.17) is 9.84 Å². The second-order valence-corrected chi connectivity index (χ2v) is 3.79. The van der Waals surface area contributed by atoms with E-state index >= 15 is 0 Å². The van der Waals surface area contributed by atoms with Gasteiger partial charge in [0, 0.05) is 6.07 Å². The molecule has 0 aliphatic carbocycles. The van der Waals surface area contributed by atoms with Gasteiger partial charge in [-0.1, -0.05) is 0 Å². The minimum absolute atomic E-state index is 0.344. The largest absolute Gasteiger partial charge is 0.478 e. The van der Waals surface area contributed by atoms with Crippen LogP contribution in [0.3, 0.4) is 0 Å². The van der Waals surface area contributed by atoms with Crippen LogP contribution in [0.1, 0.15) is 13.8 Å². The van der Waals surface area contributed by atoms with E-state index in [1.54, 1.807) is 0 Å². The van der Waals surface area contributed by atoms with Gasteiger partial charge in [-0.2, -0.15) is 0 Å². The lowest BCUT2D eigenvalue weighted by Crippen LogP contribution is -2.38. The Morgan fingerprint density at radius 3 is 2.53 bits per heavy atom. The van der Waals surface area contributed by atoms with Crippen LogP contribution in [0.25, 0.3) is 0 Å². The number of carbonyl (C=O) groups is 1. The third-order valence-corrected chi connectivity index (χ3v) is 2.01. The van der Waals surface area contributed by atoms with Gasteiger partial charge in [0.2, 0.25) is 0 Å². The Hall–Kier alpha value is -2.18. The molecular formula is C10H10FNO5. The van der Waals surface area contributed by atoms with E-state index in [9.17, 15) is 19.3 Å². The predicted octanol–water partition coefficient (Wildman–Crippen LogP) is 1.98. The molecule has 0 bridgehead atoms. The van der Waals surface area contributed by atoms with E-state index in [0.717, 1.165) is 12.1 Å². The molecule has 0 fully saturated rings. The smallest absolute Gasteiger partial charge is 0.347 e. The highest BCUT2D eigenvalue weighted by Gasteiger charge is 2.30. The van der Waals surface area contributed by atoms with Gasteiger partial charge in [0.25, 0.3) is 5.69 Å². The molecule has 0 radical (unpaired) electrons. The summed E-state index contributed by atoms with van der Waals surface area (Å²) in [6.45, 7) is 2.49. The summed E-state index contributed by atoms with van der Waals surface area (Å²) in [5.41, 5.74) is -2.04. The van der Waals surface area contributed by atoms with Crippen LogP contribution in [0.2, 0.25) is 0 Å². The number of nitro groups is 1. The average Bonchev–Trinajstić information content (AvgIpc) is 2.20. The van der Waals surface area contributed by atoms with E-state index in [1.165, 1.54) is 13.8 Å². The number of non-ortho nitro benzene ring substituents is 1. The molecule has 0 saturated heterocycles. The number of aliphatic carboxylic acids is 1. The van der Waals surface area contributed by atoms with Crippen LogP contribution in [0.4, 0.5) is 10.1 Å².